The van der Waals surface area contributed by atoms with Crippen LogP contribution in [0.5, 0.6) is 0 Å². The fraction of sp³-hybridized carbons (Fsp3) is 0.125. The van der Waals surface area contributed by atoms with Crippen LogP contribution in [0.25, 0.3) is 5.52 Å². The maximum Gasteiger partial charge on any atom is 0.0664 e. The quantitative estimate of drug-likeness (QED) is 0.532. The summed E-state index contributed by atoms with van der Waals surface area (Å²) in [5, 5.41) is 4.23. The molecule has 0 fully saturated rings. The van der Waals surface area contributed by atoms with Gasteiger partial charge in [0, 0.05) is 6.20 Å². The topological polar surface area (TPSA) is 17.3 Å². The molecule has 0 saturated carbocycles. The van der Waals surface area contributed by atoms with Crippen LogP contribution in [0.4, 0.5) is 0 Å². The number of pyridine rings is 1. The van der Waals surface area contributed by atoms with Crippen LogP contribution in [0.1, 0.15) is 5.69 Å². The first-order valence-electron chi connectivity index (χ1n) is 3.27. The molecule has 0 spiro atoms. The SMILES string of the molecule is Cc1cc2ccccn2n1. The maximum atomic E-state index is 4.23. The van der Waals surface area contributed by atoms with Crippen LogP contribution in [0.15, 0.2) is 30.5 Å². The number of rotatable bonds is 0. The summed E-state index contributed by atoms with van der Waals surface area (Å²) >= 11 is 0. The molecule has 0 aromatic carbocycles. The third kappa shape index (κ3) is 0.692. The Hall–Kier alpha value is -1.31. The molecule has 0 aliphatic carbocycles. The molecule has 0 aliphatic heterocycles. The molecule has 50 valence electrons. The minimum absolute atomic E-state index is 1.06. The number of nitrogens with zero attached hydrogens (tertiary/aromatic N) is 2. The Morgan fingerprint density at radius 1 is 1.40 bits per heavy atom. The Bertz CT molecular complexity index is 316. The fourth-order valence-electron chi connectivity index (χ4n) is 1.07. The van der Waals surface area contributed by atoms with Crippen LogP contribution in [-0.2, 0) is 0 Å². The number of hydrogen-bond acceptors (Lipinski definition) is 1. The summed E-state index contributed by atoms with van der Waals surface area (Å²) in [5.41, 5.74) is 2.21. The van der Waals surface area contributed by atoms with Crippen LogP contribution >= 0.6 is 0 Å². The van der Waals surface area contributed by atoms with Crippen LogP contribution in [0.2, 0.25) is 0 Å². The maximum absolute atomic E-state index is 4.23. The molecule has 0 amide bonds. The molecule has 2 heteroatoms. The first-order chi connectivity index (χ1) is 4.86. The molecule has 0 N–H and O–H groups in total. The van der Waals surface area contributed by atoms with Gasteiger partial charge in [0.2, 0.25) is 0 Å². The van der Waals surface area contributed by atoms with Crippen LogP contribution in [0.3, 0.4) is 0 Å². The van der Waals surface area contributed by atoms with Gasteiger partial charge in [0.1, 0.15) is 0 Å². The van der Waals surface area contributed by atoms with Gasteiger partial charge in [-0.1, -0.05) is 6.07 Å². The lowest BCUT2D eigenvalue weighted by atomic mass is 10.4. The largest absolute Gasteiger partial charge is 0.241 e. The van der Waals surface area contributed by atoms with Gasteiger partial charge in [-0.05, 0) is 25.1 Å². The predicted octanol–water partition coefficient (Wildman–Crippen LogP) is 1.64. The second-order valence-corrected chi connectivity index (χ2v) is 2.36. The minimum Gasteiger partial charge on any atom is -0.241 e. The lowest BCUT2D eigenvalue weighted by molar-refractivity contribution is 0.934. The van der Waals surface area contributed by atoms with Crippen molar-refractivity contribution in [2.24, 2.45) is 0 Å². The minimum atomic E-state index is 1.06. The smallest absolute Gasteiger partial charge is 0.0664 e. The van der Waals surface area contributed by atoms with Crippen molar-refractivity contribution in [2.75, 3.05) is 0 Å². The number of hydrogen-bond donors (Lipinski definition) is 0. The molecule has 2 rings (SSSR count). The van der Waals surface area contributed by atoms with Gasteiger partial charge < -0.3 is 0 Å². The van der Waals surface area contributed by atoms with Gasteiger partial charge in [-0.15, -0.1) is 0 Å². The Balaban J connectivity index is 2.88. The van der Waals surface area contributed by atoms with E-state index in [2.05, 4.69) is 11.2 Å². The van der Waals surface area contributed by atoms with Crippen molar-refractivity contribution in [3.8, 4) is 0 Å². The highest BCUT2D eigenvalue weighted by Gasteiger charge is 1.92. The van der Waals surface area contributed by atoms with E-state index < -0.39 is 0 Å². The molecule has 0 radical (unpaired) electrons. The zero-order valence-electron chi connectivity index (χ0n) is 5.78. The molecule has 2 aromatic heterocycles. The molecular formula is C8H8N2. The van der Waals surface area contributed by atoms with Gasteiger partial charge in [-0.25, -0.2) is 4.52 Å². The van der Waals surface area contributed by atoms with Crippen LogP contribution < -0.4 is 0 Å². The molecule has 10 heavy (non-hydrogen) atoms. The van der Waals surface area contributed by atoms with Crippen molar-refractivity contribution in [1.82, 2.24) is 9.61 Å². The summed E-state index contributed by atoms with van der Waals surface area (Å²) in [5.74, 6) is 0. The molecule has 2 heterocycles. The van der Waals surface area contributed by atoms with Crippen molar-refractivity contribution in [3.63, 3.8) is 0 Å². The van der Waals surface area contributed by atoms with Crippen LogP contribution in [-0.4, -0.2) is 9.61 Å². The van der Waals surface area contributed by atoms with Gasteiger partial charge >= 0.3 is 0 Å². The number of fused-ring (bicyclic) bond motifs is 1. The average molecular weight is 132 g/mol. The summed E-state index contributed by atoms with van der Waals surface area (Å²) < 4.78 is 1.87. The van der Waals surface area contributed by atoms with E-state index >= 15 is 0 Å². The van der Waals surface area contributed by atoms with Gasteiger partial charge in [0.05, 0.1) is 11.2 Å². The van der Waals surface area contributed by atoms with Crippen LogP contribution in [0, 0.1) is 6.92 Å². The first kappa shape index (κ1) is 5.47. The van der Waals surface area contributed by atoms with Crippen molar-refractivity contribution < 1.29 is 0 Å². The fourth-order valence-corrected chi connectivity index (χ4v) is 1.07. The normalized spacial score (nSPS) is 10.5. The van der Waals surface area contributed by atoms with E-state index in [1.807, 2.05) is 35.8 Å². The van der Waals surface area contributed by atoms with Gasteiger partial charge in [0.15, 0.2) is 0 Å². The molecule has 0 aliphatic rings. The third-order valence-electron chi connectivity index (χ3n) is 1.49. The first-order valence-corrected chi connectivity index (χ1v) is 3.27. The summed E-state index contributed by atoms with van der Waals surface area (Å²) in [6.07, 6.45) is 1.95. The zero-order valence-corrected chi connectivity index (χ0v) is 5.78. The van der Waals surface area contributed by atoms with E-state index in [0.29, 0.717) is 0 Å². The summed E-state index contributed by atoms with van der Waals surface area (Å²) in [6.45, 7) is 1.99. The Morgan fingerprint density at radius 2 is 2.30 bits per heavy atom. The number of aromatic nitrogens is 2. The van der Waals surface area contributed by atoms with Gasteiger partial charge in [-0.3, -0.25) is 0 Å². The van der Waals surface area contributed by atoms with Crippen molar-refractivity contribution in [3.05, 3.63) is 36.2 Å². The molecule has 0 atom stereocenters. The Labute approximate surface area is 59.1 Å². The molecule has 2 aromatic rings. The highest BCUT2D eigenvalue weighted by molar-refractivity contribution is 5.46. The van der Waals surface area contributed by atoms with Crippen molar-refractivity contribution >= 4 is 5.52 Å². The van der Waals surface area contributed by atoms with E-state index in [1.165, 1.54) is 0 Å². The van der Waals surface area contributed by atoms with Gasteiger partial charge in [-0.2, -0.15) is 5.10 Å². The Morgan fingerprint density at radius 3 is 3.10 bits per heavy atom. The summed E-state index contributed by atoms with van der Waals surface area (Å²) in [4.78, 5) is 0. The standard InChI is InChI=1S/C8H8N2/c1-7-6-8-4-2-3-5-10(8)9-7/h2-6H,1H3. The van der Waals surface area contributed by atoms with E-state index in [9.17, 15) is 0 Å². The van der Waals surface area contributed by atoms with E-state index in [1.54, 1.807) is 0 Å². The van der Waals surface area contributed by atoms with E-state index in [-0.39, 0.29) is 0 Å². The lowest BCUT2D eigenvalue weighted by Crippen LogP contribution is -1.83. The second kappa shape index (κ2) is 1.84. The predicted molar refractivity (Wildman–Crippen MR) is 39.9 cm³/mol. The molecule has 2 nitrogen and oxygen atoms in total. The molecular weight excluding hydrogens is 124 g/mol. The lowest BCUT2D eigenvalue weighted by Gasteiger charge is -1.86. The summed E-state index contributed by atoms with van der Waals surface area (Å²) in [7, 11) is 0. The molecule has 0 unspecified atom stereocenters. The van der Waals surface area contributed by atoms with E-state index in [0.717, 1.165) is 11.2 Å². The third-order valence-corrected chi connectivity index (χ3v) is 1.49. The summed E-state index contributed by atoms with van der Waals surface area (Å²) in [6, 6.07) is 8.08. The van der Waals surface area contributed by atoms with Gasteiger partial charge in [0.25, 0.3) is 0 Å². The monoisotopic (exact) mass is 132 g/mol. The highest BCUT2D eigenvalue weighted by Crippen LogP contribution is 2.03. The van der Waals surface area contributed by atoms with E-state index in [4.69, 9.17) is 0 Å². The second-order valence-electron chi connectivity index (χ2n) is 2.36. The average Bonchev–Trinajstić information content (AvgIpc) is 2.27. The zero-order chi connectivity index (χ0) is 6.97. The van der Waals surface area contributed by atoms with Crippen molar-refractivity contribution in [2.45, 2.75) is 6.92 Å². The number of aryl methyl sites for hydroxylation is 1. The Kier molecular flexibility index (Phi) is 1.01. The molecule has 0 saturated heterocycles. The highest BCUT2D eigenvalue weighted by atomic mass is 15.2. The van der Waals surface area contributed by atoms with Crippen molar-refractivity contribution in [1.29, 1.82) is 0 Å². The molecule has 0 bridgehead atoms.